The van der Waals surface area contributed by atoms with Gasteiger partial charge in [-0.1, -0.05) is 38.7 Å². The molecular formula is C16H22F2O2. The Kier molecular flexibility index (Phi) is 7.37. The number of hydrogen-bond donors (Lipinski definition) is 0. The van der Waals surface area contributed by atoms with Gasteiger partial charge in [-0.05, 0) is 25.5 Å². The van der Waals surface area contributed by atoms with Crippen molar-refractivity contribution in [1.29, 1.82) is 0 Å². The third-order valence-electron chi connectivity index (χ3n) is 3.20. The highest BCUT2D eigenvalue weighted by molar-refractivity contribution is 5.97. The largest absolute Gasteiger partial charge is 0.370 e. The molecule has 1 aromatic carbocycles. The number of rotatable bonds is 9. The van der Waals surface area contributed by atoms with Crippen molar-refractivity contribution in [2.45, 2.75) is 52.1 Å². The number of carbonyl (C=O) groups is 1. The fraction of sp³-hybridized carbons (Fsp3) is 0.562. The summed E-state index contributed by atoms with van der Waals surface area (Å²) in [5.41, 5.74) is -0.509. The fourth-order valence-electron chi connectivity index (χ4n) is 2.00. The molecule has 1 rings (SSSR count). The first-order valence-electron chi connectivity index (χ1n) is 7.15. The van der Waals surface area contributed by atoms with Gasteiger partial charge in [0.05, 0.1) is 11.7 Å². The first-order valence-corrected chi connectivity index (χ1v) is 7.15. The molecule has 0 fully saturated rings. The number of ketones is 1. The van der Waals surface area contributed by atoms with E-state index in [0.717, 1.165) is 31.4 Å². The first kappa shape index (κ1) is 16.8. The molecule has 0 aliphatic carbocycles. The summed E-state index contributed by atoms with van der Waals surface area (Å²) in [4.78, 5) is 11.8. The van der Waals surface area contributed by atoms with Gasteiger partial charge >= 0.3 is 0 Å². The number of benzene rings is 1. The van der Waals surface area contributed by atoms with Gasteiger partial charge in [-0.25, -0.2) is 8.78 Å². The van der Waals surface area contributed by atoms with E-state index in [0.29, 0.717) is 0 Å². The molecule has 0 radical (unpaired) electrons. The van der Waals surface area contributed by atoms with Crippen LogP contribution in [0.2, 0.25) is 0 Å². The molecule has 0 spiro atoms. The van der Waals surface area contributed by atoms with Crippen LogP contribution in [-0.2, 0) is 4.74 Å². The summed E-state index contributed by atoms with van der Waals surface area (Å²) < 4.78 is 32.2. The second-order valence-electron chi connectivity index (χ2n) is 4.99. The molecular weight excluding hydrogens is 262 g/mol. The van der Waals surface area contributed by atoms with E-state index in [4.69, 9.17) is 4.74 Å². The van der Waals surface area contributed by atoms with Crippen LogP contribution in [0.3, 0.4) is 0 Å². The van der Waals surface area contributed by atoms with Crippen molar-refractivity contribution < 1.29 is 18.3 Å². The quantitative estimate of drug-likeness (QED) is 0.492. The molecule has 112 valence electrons. The van der Waals surface area contributed by atoms with Crippen LogP contribution in [0.1, 0.15) is 56.3 Å². The predicted octanol–water partition coefficient (Wildman–Crippen LogP) is 4.52. The Morgan fingerprint density at radius 1 is 1.20 bits per heavy atom. The van der Waals surface area contributed by atoms with Gasteiger partial charge in [0, 0.05) is 0 Å². The molecule has 0 aliphatic rings. The lowest BCUT2D eigenvalue weighted by molar-refractivity contribution is 0.0477. The van der Waals surface area contributed by atoms with Gasteiger partial charge in [-0.15, -0.1) is 0 Å². The lowest BCUT2D eigenvalue weighted by atomic mass is 10.1. The smallest absolute Gasteiger partial charge is 0.194 e. The summed E-state index contributed by atoms with van der Waals surface area (Å²) in [7, 11) is 0. The van der Waals surface area contributed by atoms with Crippen LogP contribution in [0.4, 0.5) is 8.78 Å². The van der Waals surface area contributed by atoms with Gasteiger partial charge in [-0.3, -0.25) is 4.79 Å². The van der Waals surface area contributed by atoms with E-state index in [1.807, 2.05) is 6.92 Å². The third-order valence-corrected chi connectivity index (χ3v) is 3.20. The summed E-state index contributed by atoms with van der Waals surface area (Å²) in [6.07, 6.45) is 5.31. The van der Waals surface area contributed by atoms with E-state index in [-0.39, 0.29) is 12.7 Å². The molecule has 0 N–H and O–H groups in total. The van der Waals surface area contributed by atoms with Crippen LogP contribution in [0.15, 0.2) is 18.2 Å². The maximum Gasteiger partial charge on any atom is 0.194 e. The van der Waals surface area contributed by atoms with E-state index in [1.165, 1.54) is 18.9 Å². The van der Waals surface area contributed by atoms with Crippen LogP contribution >= 0.6 is 0 Å². The van der Waals surface area contributed by atoms with Crippen molar-refractivity contribution in [3.63, 3.8) is 0 Å². The molecule has 0 amide bonds. The number of Topliss-reactive ketones (excluding diaryl/α,β-unsaturated/α-hetero) is 1. The van der Waals surface area contributed by atoms with E-state index >= 15 is 0 Å². The monoisotopic (exact) mass is 284 g/mol. The van der Waals surface area contributed by atoms with Crippen molar-refractivity contribution in [1.82, 2.24) is 0 Å². The number of hydrogen-bond acceptors (Lipinski definition) is 2. The molecule has 0 saturated heterocycles. The zero-order chi connectivity index (χ0) is 15.0. The molecule has 20 heavy (non-hydrogen) atoms. The van der Waals surface area contributed by atoms with Crippen LogP contribution in [0, 0.1) is 11.6 Å². The summed E-state index contributed by atoms with van der Waals surface area (Å²) >= 11 is 0. The normalized spacial score (nSPS) is 12.4. The Hall–Kier alpha value is -1.29. The van der Waals surface area contributed by atoms with Crippen LogP contribution < -0.4 is 0 Å². The highest BCUT2D eigenvalue weighted by Crippen LogP contribution is 2.14. The number of ether oxygens (including phenoxy) is 1. The van der Waals surface area contributed by atoms with Gasteiger partial charge in [-0.2, -0.15) is 0 Å². The standard InChI is InChI=1S/C16H22F2O2/c1-3-4-5-6-8-12(2)20-11-15(19)16-13(17)9-7-10-14(16)18/h7,9-10,12H,3-6,8,11H2,1-2H3. The highest BCUT2D eigenvalue weighted by Gasteiger charge is 2.17. The number of unbranched alkanes of at least 4 members (excludes halogenated alkanes) is 3. The minimum atomic E-state index is -0.839. The molecule has 0 aromatic heterocycles. The van der Waals surface area contributed by atoms with Crippen molar-refractivity contribution in [3.05, 3.63) is 35.4 Å². The lowest BCUT2D eigenvalue weighted by Crippen LogP contribution is -2.18. The predicted molar refractivity (Wildman–Crippen MR) is 74.9 cm³/mol. The second kappa shape index (κ2) is 8.80. The van der Waals surface area contributed by atoms with E-state index in [1.54, 1.807) is 0 Å². The van der Waals surface area contributed by atoms with E-state index in [9.17, 15) is 13.6 Å². The molecule has 1 atom stereocenters. The maximum atomic E-state index is 13.4. The summed E-state index contributed by atoms with van der Waals surface area (Å²) in [5.74, 6) is -2.33. The molecule has 2 nitrogen and oxygen atoms in total. The zero-order valence-electron chi connectivity index (χ0n) is 12.1. The topological polar surface area (TPSA) is 26.3 Å². The minimum absolute atomic E-state index is 0.0781. The minimum Gasteiger partial charge on any atom is -0.370 e. The van der Waals surface area contributed by atoms with E-state index < -0.39 is 23.0 Å². The summed E-state index contributed by atoms with van der Waals surface area (Å²) in [5, 5.41) is 0. The average Bonchev–Trinajstić information content (AvgIpc) is 2.41. The SMILES string of the molecule is CCCCCCC(C)OCC(=O)c1c(F)cccc1F. The number of halogens is 2. The van der Waals surface area contributed by atoms with Crippen LogP contribution in [0.5, 0.6) is 0 Å². The van der Waals surface area contributed by atoms with Gasteiger partial charge < -0.3 is 4.74 Å². The Balaban J connectivity index is 2.39. The Bertz CT molecular complexity index is 412. The van der Waals surface area contributed by atoms with Gasteiger partial charge in [0.15, 0.2) is 5.78 Å². The van der Waals surface area contributed by atoms with Crippen LogP contribution in [0.25, 0.3) is 0 Å². The van der Waals surface area contributed by atoms with Crippen molar-refractivity contribution >= 4 is 5.78 Å². The van der Waals surface area contributed by atoms with E-state index in [2.05, 4.69) is 6.92 Å². The molecule has 0 bridgehead atoms. The zero-order valence-corrected chi connectivity index (χ0v) is 12.1. The summed E-state index contributed by atoms with van der Waals surface area (Å²) in [6.45, 7) is 3.73. The Morgan fingerprint density at radius 3 is 2.45 bits per heavy atom. The van der Waals surface area contributed by atoms with Crippen LogP contribution in [-0.4, -0.2) is 18.5 Å². The molecule has 0 saturated carbocycles. The van der Waals surface area contributed by atoms with Crippen molar-refractivity contribution in [2.75, 3.05) is 6.61 Å². The Morgan fingerprint density at radius 2 is 1.85 bits per heavy atom. The lowest BCUT2D eigenvalue weighted by Gasteiger charge is -2.12. The molecule has 1 unspecified atom stereocenters. The maximum absolute atomic E-state index is 13.4. The number of carbonyl (C=O) groups excluding carboxylic acids is 1. The molecule has 1 aromatic rings. The van der Waals surface area contributed by atoms with Gasteiger partial charge in [0.25, 0.3) is 0 Å². The highest BCUT2D eigenvalue weighted by atomic mass is 19.1. The molecule has 0 heterocycles. The Labute approximate surface area is 119 Å². The fourth-order valence-corrected chi connectivity index (χ4v) is 2.00. The summed E-state index contributed by atoms with van der Waals surface area (Å²) in [6, 6.07) is 3.38. The van der Waals surface area contributed by atoms with Gasteiger partial charge in [0.2, 0.25) is 0 Å². The van der Waals surface area contributed by atoms with Crippen molar-refractivity contribution in [2.24, 2.45) is 0 Å². The molecule has 4 heteroatoms. The average molecular weight is 284 g/mol. The first-order chi connectivity index (χ1) is 9.56. The third kappa shape index (κ3) is 5.37. The molecule has 0 aliphatic heterocycles. The van der Waals surface area contributed by atoms with Crippen molar-refractivity contribution in [3.8, 4) is 0 Å². The second-order valence-corrected chi connectivity index (χ2v) is 4.99. The van der Waals surface area contributed by atoms with Gasteiger partial charge in [0.1, 0.15) is 18.2 Å².